The topological polar surface area (TPSA) is 22.1 Å². The second-order valence-corrected chi connectivity index (χ2v) is 5.33. The maximum atomic E-state index is 5.78. The molecule has 2 heterocycles. The minimum absolute atomic E-state index is 0.659. The summed E-state index contributed by atoms with van der Waals surface area (Å²) in [6, 6.07) is 0. The van der Waals surface area contributed by atoms with E-state index >= 15 is 0 Å². The molecule has 6 heteroatoms. The second-order valence-electron chi connectivity index (χ2n) is 4.57. The highest BCUT2D eigenvalue weighted by Gasteiger charge is 2.19. The number of allylic oxidation sites excluding steroid dienone is 2. The van der Waals surface area contributed by atoms with Gasteiger partial charge in [-0.25, -0.2) is 0 Å². The van der Waals surface area contributed by atoms with Crippen LogP contribution in [-0.4, -0.2) is 65.3 Å². The molecule has 2 aliphatic rings. The number of hydrogen-bond acceptors (Lipinski definition) is 4. The van der Waals surface area contributed by atoms with E-state index in [0.29, 0.717) is 11.8 Å². The smallest absolute Gasteiger partial charge is 0.154 e. The van der Waals surface area contributed by atoms with Gasteiger partial charge in [0.2, 0.25) is 0 Å². The molecule has 0 aliphatic carbocycles. The summed E-state index contributed by atoms with van der Waals surface area (Å²) in [6.07, 6.45) is 9.22. The van der Waals surface area contributed by atoms with E-state index in [0.717, 1.165) is 45.1 Å². The summed E-state index contributed by atoms with van der Waals surface area (Å²) >= 11 is 11.6. The van der Waals surface area contributed by atoms with Gasteiger partial charge in [-0.2, -0.15) is 5.10 Å². The Hall–Kier alpha value is -0.710. The maximum absolute atomic E-state index is 5.78. The maximum Gasteiger partial charge on any atom is 0.154 e. The van der Waals surface area contributed by atoms with Crippen molar-refractivity contribution in [2.75, 3.05) is 44.6 Å². The third kappa shape index (κ3) is 4.41. The molecule has 2 aliphatic heterocycles. The quantitative estimate of drug-likeness (QED) is 0.641. The van der Waals surface area contributed by atoms with E-state index in [1.165, 1.54) is 0 Å². The largest absolute Gasteiger partial charge is 0.312 e. The average Bonchev–Trinajstić information content (AvgIpc) is 2.82. The highest BCUT2D eigenvalue weighted by Crippen LogP contribution is 2.13. The molecule has 0 radical (unpaired) electrons. The molecule has 0 fully saturated rings. The lowest BCUT2D eigenvalue weighted by molar-refractivity contribution is 0.231. The number of hydrogen-bond donors (Lipinski definition) is 0. The Morgan fingerprint density at radius 2 is 1.95 bits per heavy atom. The molecular weight excluding hydrogens is 283 g/mol. The van der Waals surface area contributed by atoms with Crippen LogP contribution in [0.2, 0.25) is 0 Å². The monoisotopic (exact) mass is 302 g/mol. The highest BCUT2D eigenvalue weighted by atomic mass is 35.5. The molecule has 106 valence electrons. The molecule has 0 saturated heterocycles. The lowest BCUT2D eigenvalue weighted by Gasteiger charge is -2.22. The van der Waals surface area contributed by atoms with Crippen molar-refractivity contribution in [3.8, 4) is 0 Å². The summed E-state index contributed by atoms with van der Waals surface area (Å²) < 4.78 is 0. The van der Waals surface area contributed by atoms with Gasteiger partial charge in [0.15, 0.2) is 5.84 Å². The van der Waals surface area contributed by atoms with Crippen molar-refractivity contribution in [1.82, 2.24) is 14.8 Å². The van der Waals surface area contributed by atoms with Gasteiger partial charge in [-0.1, -0.05) is 6.08 Å². The molecule has 0 amide bonds. The van der Waals surface area contributed by atoms with Gasteiger partial charge in [0.1, 0.15) is 6.67 Å². The number of nitrogens with zero attached hydrogens (tertiary/aromatic N) is 4. The van der Waals surface area contributed by atoms with Gasteiger partial charge in [-0.3, -0.25) is 5.01 Å². The van der Waals surface area contributed by atoms with E-state index in [2.05, 4.69) is 26.1 Å². The van der Waals surface area contributed by atoms with Crippen LogP contribution in [0.4, 0.5) is 0 Å². The molecule has 0 N–H and O–H groups in total. The molecule has 0 unspecified atom stereocenters. The van der Waals surface area contributed by atoms with Gasteiger partial charge in [-0.15, -0.1) is 23.2 Å². The van der Waals surface area contributed by atoms with Crippen LogP contribution in [0.1, 0.15) is 6.42 Å². The average molecular weight is 303 g/mol. The third-order valence-electron chi connectivity index (χ3n) is 3.17. The van der Waals surface area contributed by atoms with Crippen LogP contribution >= 0.6 is 23.2 Å². The molecule has 0 saturated carbocycles. The Morgan fingerprint density at radius 3 is 2.63 bits per heavy atom. The number of halogens is 2. The number of hydrazone groups is 1. The van der Waals surface area contributed by atoms with E-state index in [9.17, 15) is 0 Å². The van der Waals surface area contributed by atoms with Gasteiger partial charge in [0, 0.05) is 37.6 Å². The first kappa shape index (κ1) is 14.7. The van der Waals surface area contributed by atoms with Crippen LogP contribution in [0.25, 0.3) is 0 Å². The molecule has 0 aromatic rings. The van der Waals surface area contributed by atoms with E-state index in [1.54, 1.807) is 0 Å². The summed E-state index contributed by atoms with van der Waals surface area (Å²) in [7, 11) is 0. The lowest BCUT2D eigenvalue weighted by Crippen LogP contribution is -2.32. The summed E-state index contributed by atoms with van der Waals surface area (Å²) in [5.41, 5.74) is 0. The van der Waals surface area contributed by atoms with Gasteiger partial charge >= 0.3 is 0 Å². The Kier molecular flexibility index (Phi) is 6.01. The van der Waals surface area contributed by atoms with Gasteiger partial charge in [0.05, 0.1) is 0 Å². The van der Waals surface area contributed by atoms with Crippen molar-refractivity contribution >= 4 is 29.0 Å². The number of amidine groups is 1. The Labute approximate surface area is 124 Å². The zero-order valence-corrected chi connectivity index (χ0v) is 12.5. The molecule has 2 rings (SSSR count). The fourth-order valence-electron chi connectivity index (χ4n) is 2.20. The predicted molar refractivity (Wildman–Crippen MR) is 81.6 cm³/mol. The molecular formula is C13H20Cl2N4. The van der Waals surface area contributed by atoms with Crippen LogP contribution in [0.5, 0.6) is 0 Å². The zero-order valence-electron chi connectivity index (χ0n) is 11.0. The normalized spacial score (nSPS) is 17.3. The zero-order chi connectivity index (χ0) is 13.5. The molecule has 4 nitrogen and oxygen atoms in total. The van der Waals surface area contributed by atoms with E-state index in [-0.39, 0.29) is 0 Å². The standard InChI is InChI=1S/C13H20Cl2N4/c14-5-10-17(11-6-15)7-3-9-19-12-18-8-2-1-4-13(18)16-19/h1-2,4,8H,3,5-7,9-12H2. The molecule has 0 atom stereocenters. The summed E-state index contributed by atoms with van der Waals surface area (Å²) in [6.45, 7) is 4.64. The number of alkyl halides is 2. The minimum Gasteiger partial charge on any atom is -0.312 e. The van der Waals surface area contributed by atoms with Gasteiger partial charge in [-0.05, 0) is 25.1 Å². The Morgan fingerprint density at radius 1 is 1.16 bits per heavy atom. The molecule has 0 spiro atoms. The third-order valence-corrected chi connectivity index (χ3v) is 3.51. The van der Waals surface area contributed by atoms with Crippen LogP contribution in [0.15, 0.2) is 29.5 Å². The lowest BCUT2D eigenvalue weighted by atomic mass is 10.3. The summed E-state index contributed by atoms with van der Waals surface area (Å²) in [5.74, 6) is 2.35. The molecule has 0 bridgehead atoms. The Balaban J connectivity index is 1.70. The van der Waals surface area contributed by atoms with Crippen molar-refractivity contribution in [1.29, 1.82) is 0 Å². The van der Waals surface area contributed by atoms with Crippen LogP contribution in [-0.2, 0) is 0 Å². The first-order valence-electron chi connectivity index (χ1n) is 6.63. The van der Waals surface area contributed by atoms with E-state index < -0.39 is 0 Å². The van der Waals surface area contributed by atoms with Gasteiger partial charge < -0.3 is 9.80 Å². The first-order valence-corrected chi connectivity index (χ1v) is 7.70. The van der Waals surface area contributed by atoms with Gasteiger partial charge in [0.25, 0.3) is 0 Å². The van der Waals surface area contributed by atoms with Crippen molar-refractivity contribution in [3.05, 3.63) is 24.4 Å². The van der Waals surface area contributed by atoms with Crippen LogP contribution in [0, 0.1) is 0 Å². The Bertz CT molecular complexity index is 362. The summed E-state index contributed by atoms with van der Waals surface area (Å²) in [4.78, 5) is 4.45. The number of rotatable bonds is 8. The van der Waals surface area contributed by atoms with E-state index in [1.807, 2.05) is 18.2 Å². The molecule has 0 aromatic heterocycles. The second kappa shape index (κ2) is 7.78. The number of fused-ring (bicyclic) bond motifs is 1. The molecule has 0 aromatic carbocycles. The first-order chi connectivity index (χ1) is 9.33. The fraction of sp³-hybridized carbons (Fsp3) is 0.615. The van der Waals surface area contributed by atoms with Crippen molar-refractivity contribution < 1.29 is 0 Å². The van der Waals surface area contributed by atoms with Crippen molar-refractivity contribution in [2.24, 2.45) is 5.10 Å². The van der Waals surface area contributed by atoms with Crippen molar-refractivity contribution in [3.63, 3.8) is 0 Å². The highest BCUT2D eigenvalue weighted by molar-refractivity contribution is 6.18. The molecule has 19 heavy (non-hydrogen) atoms. The minimum atomic E-state index is 0.659. The van der Waals surface area contributed by atoms with E-state index in [4.69, 9.17) is 23.2 Å². The predicted octanol–water partition coefficient (Wildman–Crippen LogP) is 2.13. The van der Waals surface area contributed by atoms with Crippen LogP contribution in [0.3, 0.4) is 0 Å². The van der Waals surface area contributed by atoms with Crippen molar-refractivity contribution in [2.45, 2.75) is 6.42 Å². The summed E-state index contributed by atoms with van der Waals surface area (Å²) in [5, 5.41) is 6.67. The fourth-order valence-corrected chi connectivity index (χ4v) is 2.68. The van der Waals surface area contributed by atoms with Crippen LogP contribution < -0.4 is 0 Å². The SMILES string of the molecule is ClCCN(CCCl)CCCN1CN2C=CC=CC2=N1.